The number of carboxylic acids is 1. The number of aromatic nitrogens is 3. The predicted molar refractivity (Wildman–Crippen MR) is 84.6 cm³/mol. The van der Waals surface area contributed by atoms with Gasteiger partial charge in [0, 0.05) is 6.20 Å². The summed E-state index contributed by atoms with van der Waals surface area (Å²) in [7, 11) is 0. The maximum Gasteiger partial charge on any atom is 0.490 e. The normalized spacial score (nSPS) is 11.8. The Morgan fingerprint density at radius 1 is 1.31 bits per heavy atom. The molecule has 4 heterocycles. The fraction of sp³-hybridized carbons (Fsp3) is 0.143. The van der Waals surface area contributed by atoms with Crippen LogP contribution < -0.4 is 0 Å². The molecule has 3 aliphatic rings. The van der Waals surface area contributed by atoms with Crippen LogP contribution in [0.3, 0.4) is 0 Å². The zero-order valence-electron chi connectivity index (χ0n) is 12.8. The van der Waals surface area contributed by atoms with Gasteiger partial charge in [0.25, 0.3) is 0 Å². The van der Waals surface area contributed by atoms with Crippen LogP contribution in [-0.2, 0) is 11.5 Å². The first-order valence-corrected chi connectivity index (χ1v) is 7.67. The first kappa shape index (κ1) is 19.2. The number of aldehydes is 1. The van der Waals surface area contributed by atoms with Crippen molar-refractivity contribution in [3.05, 3.63) is 40.8 Å². The molecular formula is C14H10F3N5O3S. The van der Waals surface area contributed by atoms with Crippen molar-refractivity contribution in [1.82, 2.24) is 14.5 Å². The third-order valence-corrected chi connectivity index (χ3v) is 3.61. The lowest BCUT2D eigenvalue weighted by Gasteiger charge is -2.04. The van der Waals surface area contributed by atoms with Crippen LogP contribution in [0, 0.1) is 0 Å². The van der Waals surface area contributed by atoms with Gasteiger partial charge in [-0.1, -0.05) is 6.07 Å². The summed E-state index contributed by atoms with van der Waals surface area (Å²) in [5.74, 6) is -1.20. The number of fused-ring (bicyclic) bond motifs is 3. The summed E-state index contributed by atoms with van der Waals surface area (Å²) < 4.78 is 33.7. The maximum atomic E-state index is 10.6. The van der Waals surface area contributed by atoms with Crippen LogP contribution in [0.5, 0.6) is 0 Å². The van der Waals surface area contributed by atoms with E-state index in [4.69, 9.17) is 9.90 Å². The molecule has 0 radical (unpaired) electrons. The van der Waals surface area contributed by atoms with Gasteiger partial charge in [0.15, 0.2) is 17.9 Å². The zero-order chi connectivity index (χ0) is 19.2. The Kier molecular flexibility index (Phi) is 6.11. The molecule has 1 aromatic rings. The summed E-state index contributed by atoms with van der Waals surface area (Å²) in [6.45, 7) is 0.583. The molecule has 8 nitrogen and oxygen atoms in total. The van der Waals surface area contributed by atoms with Crippen molar-refractivity contribution in [3.8, 4) is 11.5 Å². The smallest absolute Gasteiger partial charge is 0.475 e. The number of halogens is 3. The average molecular weight is 385 g/mol. The minimum absolute atomic E-state index is 0.583. The molecule has 0 aliphatic carbocycles. The lowest BCUT2D eigenvalue weighted by Crippen LogP contribution is -2.21. The molecule has 1 aromatic heterocycles. The highest BCUT2D eigenvalue weighted by Crippen LogP contribution is 2.27. The van der Waals surface area contributed by atoms with E-state index in [-0.39, 0.29) is 0 Å². The van der Waals surface area contributed by atoms with Crippen molar-refractivity contribution in [1.29, 1.82) is 0 Å². The molecule has 0 unspecified atom stereocenters. The molecule has 0 bridgehead atoms. The van der Waals surface area contributed by atoms with Crippen LogP contribution >= 0.6 is 11.3 Å². The number of carbonyl (C=O) groups excluding carboxylic acids is 1. The Balaban J connectivity index is 0.000000152. The maximum absolute atomic E-state index is 10.6. The molecule has 0 fully saturated rings. The highest BCUT2D eigenvalue weighted by Gasteiger charge is 2.38. The summed E-state index contributed by atoms with van der Waals surface area (Å²) in [4.78, 5) is 27.8. The molecule has 0 atom stereocenters. The molecule has 0 amide bonds. The number of aliphatic carboxylic acids is 1. The standard InChI is InChI=1S/C7H5N5.C5H4OS.C2HF3O2/c1-2-8-7-5(1)12-4-10-11-6(12)3-9-7;6-4-5-2-1-3-7-5;3-2(4,5)1(6)7/h1-3H,4H2;1-4H;(H,6,7). The fourth-order valence-corrected chi connectivity index (χ4v) is 2.22. The third-order valence-electron chi connectivity index (χ3n) is 2.81. The number of thiophene rings is 1. The number of rotatable bonds is 1. The Morgan fingerprint density at radius 3 is 2.58 bits per heavy atom. The van der Waals surface area contributed by atoms with E-state index < -0.39 is 12.1 Å². The molecule has 0 aromatic carbocycles. The Labute approximate surface area is 148 Å². The van der Waals surface area contributed by atoms with E-state index >= 15 is 0 Å². The summed E-state index contributed by atoms with van der Waals surface area (Å²) in [5, 5.41) is 16.8. The van der Waals surface area contributed by atoms with Gasteiger partial charge in [-0.3, -0.25) is 9.36 Å². The first-order valence-electron chi connectivity index (χ1n) is 6.79. The molecule has 0 saturated carbocycles. The second-order valence-electron chi connectivity index (χ2n) is 4.52. The molecule has 136 valence electrons. The van der Waals surface area contributed by atoms with Crippen LogP contribution in [0.1, 0.15) is 9.67 Å². The Bertz CT molecular complexity index is 876. The lowest BCUT2D eigenvalue weighted by molar-refractivity contribution is -0.192. The van der Waals surface area contributed by atoms with E-state index in [1.54, 1.807) is 18.5 Å². The number of hydrogen-bond acceptors (Lipinski definition) is 7. The fourth-order valence-electron chi connectivity index (χ4n) is 1.70. The first-order chi connectivity index (χ1) is 12.3. The summed E-state index contributed by atoms with van der Waals surface area (Å²) in [6.07, 6.45) is -0.806. The van der Waals surface area contributed by atoms with Crippen molar-refractivity contribution in [3.63, 3.8) is 0 Å². The predicted octanol–water partition coefficient (Wildman–Crippen LogP) is 3.63. The number of alkyl halides is 3. The highest BCUT2D eigenvalue weighted by molar-refractivity contribution is 7.11. The molecule has 12 heteroatoms. The topological polar surface area (TPSA) is 110 Å². The second-order valence-corrected chi connectivity index (χ2v) is 5.50. The minimum Gasteiger partial charge on any atom is -0.475 e. The van der Waals surface area contributed by atoms with Crippen LogP contribution in [-0.4, -0.2) is 38.1 Å². The van der Waals surface area contributed by atoms with Crippen molar-refractivity contribution in [2.45, 2.75) is 12.8 Å². The molecule has 3 aliphatic heterocycles. The molecule has 4 rings (SSSR count). The van der Waals surface area contributed by atoms with E-state index in [9.17, 15) is 18.0 Å². The van der Waals surface area contributed by atoms with E-state index in [1.165, 1.54) is 11.3 Å². The van der Waals surface area contributed by atoms with Gasteiger partial charge in [0.05, 0.1) is 16.8 Å². The second kappa shape index (κ2) is 8.29. The SMILES string of the molecule is O=C(O)C(F)(F)F.O=Cc1cccs1.c1cc2n3c(cnc-2n1)N=NC3. The molecule has 0 spiro atoms. The van der Waals surface area contributed by atoms with E-state index in [0.29, 0.717) is 6.67 Å². The van der Waals surface area contributed by atoms with Gasteiger partial charge in [-0.2, -0.15) is 18.3 Å². The third kappa shape index (κ3) is 4.92. The van der Waals surface area contributed by atoms with Gasteiger partial charge in [0.2, 0.25) is 0 Å². The number of hydrogen-bond donors (Lipinski definition) is 1. The van der Waals surface area contributed by atoms with Crippen LogP contribution in [0.15, 0.2) is 46.2 Å². The van der Waals surface area contributed by atoms with E-state index in [0.717, 1.165) is 28.5 Å². The van der Waals surface area contributed by atoms with Crippen molar-refractivity contribution < 1.29 is 27.9 Å². The summed E-state index contributed by atoms with van der Waals surface area (Å²) in [5.41, 5.74) is 0.998. The molecular weight excluding hydrogens is 375 g/mol. The van der Waals surface area contributed by atoms with Crippen LogP contribution in [0.2, 0.25) is 0 Å². The zero-order valence-corrected chi connectivity index (χ0v) is 13.6. The molecule has 0 saturated heterocycles. The van der Waals surface area contributed by atoms with Crippen molar-refractivity contribution in [2.24, 2.45) is 10.2 Å². The van der Waals surface area contributed by atoms with Crippen molar-refractivity contribution >= 4 is 29.4 Å². The minimum atomic E-state index is -5.08. The van der Waals surface area contributed by atoms with Gasteiger partial charge in [-0.25, -0.2) is 14.8 Å². The van der Waals surface area contributed by atoms with Crippen LogP contribution in [0.4, 0.5) is 19.0 Å². The number of carbonyl (C=O) groups is 2. The monoisotopic (exact) mass is 385 g/mol. The van der Waals surface area contributed by atoms with E-state index in [2.05, 4.69) is 20.2 Å². The van der Waals surface area contributed by atoms with Gasteiger partial charge < -0.3 is 5.11 Å². The number of carboxylic acid groups (broad SMARTS) is 1. The molecule has 26 heavy (non-hydrogen) atoms. The van der Waals surface area contributed by atoms with Crippen LogP contribution in [0.25, 0.3) is 11.5 Å². The summed E-state index contributed by atoms with van der Waals surface area (Å²) >= 11 is 1.45. The summed E-state index contributed by atoms with van der Waals surface area (Å²) in [6, 6.07) is 5.56. The van der Waals surface area contributed by atoms with Gasteiger partial charge in [-0.05, 0) is 17.5 Å². The van der Waals surface area contributed by atoms with Gasteiger partial charge >= 0.3 is 12.1 Å². The average Bonchev–Trinajstić information content (AvgIpc) is 3.33. The molecule has 1 N–H and O–H groups in total. The van der Waals surface area contributed by atoms with Crippen molar-refractivity contribution in [2.75, 3.05) is 0 Å². The quantitative estimate of drug-likeness (QED) is 0.643. The number of azo groups is 1. The Hall–Kier alpha value is -3.15. The van der Waals surface area contributed by atoms with Gasteiger partial charge in [-0.15, -0.1) is 16.5 Å². The Morgan fingerprint density at radius 2 is 2.04 bits per heavy atom. The lowest BCUT2D eigenvalue weighted by atomic mass is 10.4. The highest BCUT2D eigenvalue weighted by atomic mass is 32.1. The van der Waals surface area contributed by atoms with E-state index in [1.807, 2.05) is 22.1 Å². The number of nitrogens with zero attached hydrogens (tertiary/aromatic N) is 5. The largest absolute Gasteiger partial charge is 0.490 e. The van der Waals surface area contributed by atoms with Gasteiger partial charge in [0.1, 0.15) is 6.67 Å².